The lowest BCUT2D eigenvalue weighted by Crippen LogP contribution is -2.50. The van der Waals surface area contributed by atoms with Crippen molar-refractivity contribution in [2.24, 2.45) is 5.73 Å². The molecule has 5 aliphatic heterocycles. The van der Waals surface area contributed by atoms with Crippen molar-refractivity contribution in [3.8, 4) is 0 Å². The zero-order valence-electron chi connectivity index (χ0n) is 71.4. The fourth-order valence-corrected chi connectivity index (χ4v) is 17.4. The Balaban J connectivity index is 0.000000173. The summed E-state index contributed by atoms with van der Waals surface area (Å²) >= 11 is 0. The summed E-state index contributed by atoms with van der Waals surface area (Å²) < 4.78 is 117. The second kappa shape index (κ2) is 46.6. The van der Waals surface area contributed by atoms with Gasteiger partial charge in [-0.05, 0) is 197 Å². The number of amides is 6. The molecule has 18 nitrogen and oxygen atoms in total. The smallest absolute Gasteiger partial charge is 0.350 e. The summed E-state index contributed by atoms with van der Waals surface area (Å²) in [6, 6.07) is 71.9. The van der Waals surface area contributed by atoms with E-state index in [2.05, 4.69) is 114 Å². The van der Waals surface area contributed by atoms with Crippen LogP contribution in [0.15, 0.2) is 255 Å². The number of alkyl halides is 9. The molecule has 9 aromatic carbocycles. The average Bonchev–Trinajstić information content (AvgIpc) is 1.81. The van der Waals surface area contributed by atoms with Gasteiger partial charge in [-0.15, -0.1) is 0 Å². The molecule has 0 spiro atoms. The van der Waals surface area contributed by atoms with Gasteiger partial charge in [0, 0.05) is 125 Å². The van der Waals surface area contributed by atoms with Gasteiger partial charge in [-0.2, -0.15) is 39.5 Å². The molecule has 5 saturated heterocycles. The Bertz CT molecular complexity index is 4790. The molecule has 9 aromatic rings. The van der Waals surface area contributed by atoms with Gasteiger partial charge >= 0.3 is 18.5 Å². The van der Waals surface area contributed by atoms with Crippen molar-refractivity contribution in [2.75, 3.05) is 105 Å². The van der Waals surface area contributed by atoms with Crippen LogP contribution in [0.5, 0.6) is 0 Å². The first-order valence-electron chi connectivity index (χ1n) is 44.3. The Labute approximate surface area is 738 Å². The molecule has 0 bridgehead atoms. The van der Waals surface area contributed by atoms with Crippen LogP contribution in [-0.2, 0) is 32.9 Å². The topological polar surface area (TPSA) is 217 Å². The van der Waals surface area contributed by atoms with Gasteiger partial charge in [0.1, 0.15) is 0 Å². The van der Waals surface area contributed by atoms with Gasteiger partial charge < -0.3 is 62.1 Å². The van der Waals surface area contributed by atoms with Crippen molar-refractivity contribution in [3.05, 3.63) is 322 Å². The molecule has 5 aliphatic rings. The van der Waals surface area contributed by atoms with Gasteiger partial charge in [0.05, 0.1) is 34.8 Å². The first-order valence-corrected chi connectivity index (χ1v) is 44.3. The highest BCUT2D eigenvalue weighted by molar-refractivity contribution is 5.95. The predicted molar refractivity (Wildman–Crippen MR) is 475 cm³/mol. The van der Waals surface area contributed by atoms with Gasteiger partial charge in [0.25, 0.3) is 17.7 Å². The third-order valence-corrected chi connectivity index (χ3v) is 24.6. The standard InChI is InChI=1S/2C35H41F3N4O2.C30H33F3N4O2/c36-35(37,38)29-16-10-15-28(23-29)33(43)39-24-30-17-22-42(34(44)32(40-30)18-21-41-19-8-3-9-20-41)25-31(26-11-4-1-5-12-26)27-13-6-2-7-14-27;36-35(37,38)29-16-14-28(15-17-29)33(43)39-24-30-18-23-42(34(44)32(40-30)19-22-41-20-8-3-9-21-41)25-31(26-10-4-1-5-11-26)27-12-6-2-7-13-27;31-30(32,33)24-13-11-23(12-14-24)28(38)35-19-25-16-18-37(29(39)27(36-25)15-17-34)20-26(21-7-3-1-4-8-21)22-9-5-2-6-10-22/h1-2,4-7,10-16,23,30-32,40H,3,8-9,17-22,24-25H2,(H,39,43);1-2,4-7,10-17,30-32,40H,3,8-9,18-25H2,(H,39,43);1-14,25-27,36H,15-20,34H2,(H,35,38)/t2*30-,32-;25-,27-/m000/s1. The Hall–Kier alpha value is -11.1. The van der Waals surface area contributed by atoms with Crippen molar-refractivity contribution in [3.63, 3.8) is 0 Å². The van der Waals surface area contributed by atoms with Gasteiger partial charge in [0.15, 0.2) is 0 Å². The maximum absolute atomic E-state index is 14.1. The lowest BCUT2D eigenvalue weighted by Gasteiger charge is -2.31. The molecule has 0 saturated carbocycles. The van der Waals surface area contributed by atoms with Crippen LogP contribution in [0, 0.1) is 0 Å². The Morgan fingerprint density at radius 1 is 0.331 bits per heavy atom. The minimum absolute atomic E-state index is 0.00116. The summed E-state index contributed by atoms with van der Waals surface area (Å²) in [4.78, 5) is 90.7. The Morgan fingerprint density at radius 3 is 0.882 bits per heavy atom. The predicted octanol–water partition coefficient (Wildman–Crippen LogP) is 15.6. The molecule has 0 aromatic heterocycles. The molecular formula is C100H115F9N12O6. The number of rotatable bonds is 29. The molecule has 127 heavy (non-hydrogen) atoms. The fourth-order valence-electron chi connectivity index (χ4n) is 17.4. The summed E-state index contributed by atoms with van der Waals surface area (Å²) in [7, 11) is 0. The highest BCUT2D eigenvalue weighted by Crippen LogP contribution is 2.35. The number of nitrogens with two attached hydrogens (primary N) is 1. The normalized spacial score (nSPS) is 19.4. The van der Waals surface area contributed by atoms with Gasteiger partial charge in [-0.1, -0.05) is 201 Å². The van der Waals surface area contributed by atoms with Gasteiger partial charge in [0.2, 0.25) is 17.7 Å². The summed E-state index contributed by atoms with van der Waals surface area (Å²) in [5.74, 6) is -1.39. The van der Waals surface area contributed by atoms with E-state index in [1.165, 1.54) is 49.9 Å². The lowest BCUT2D eigenvalue weighted by molar-refractivity contribution is -0.138. The Morgan fingerprint density at radius 2 is 0.606 bits per heavy atom. The molecule has 0 unspecified atom stereocenters. The minimum atomic E-state index is -4.53. The third-order valence-electron chi connectivity index (χ3n) is 24.6. The first kappa shape index (κ1) is 95.0. The van der Waals surface area contributed by atoms with E-state index >= 15 is 0 Å². The fraction of sp³-hybridized carbons (Fsp3) is 0.400. The number of hydrogen-bond donors (Lipinski definition) is 7. The molecule has 5 fully saturated rings. The first-order chi connectivity index (χ1) is 61.3. The largest absolute Gasteiger partial charge is 0.416 e. The second-order valence-corrected chi connectivity index (χ2v) is 33.4. The van der Waals surface area contributed by atoms with Crippen molar-refractivity contribution in [1.29, 1.82) is 0 Å². The highest BCUT2D eigenvalue weighted by atomic mass is 19.4. The number of carbonyl (C=O) groups is 6. The van der Waals surface area contributed by atoms with E-state index in [4.69, 9.17) is 5.73 Å². The van der Waals surface area contributed by atoms with Crippen molar-refractivity contribution >= 4 is 35.4 Å². The van der Waals surface area contributed by atoms with Crippen LogP contribution in [0.2, 0.25) is 0 Å². The molecule has 0 radical (unpaired) electrons. The van der Waals surface area contributed by atoms with Gasteiger partial charge in [-0.3, -0.25) is 28.8 Å². The number of hydrogen-bond acceptors (Lipinski definition) is 12. The minimum Gasteiger partial charge on any atom is -0.350 e. The quantitative estimate of drug-likeness (QED) is 0.0218. The molecule has 0 aliphatic carbocycles. The third kappa shape index (κ3) is 28.2. The summed E-state index contributed by atoms with van der Waals surface area (Å²) in [6.45, 7) is 9.89. The molecule has 14 rings (SSSR count). The number of benzene rings is 9. The maximum Gasteiger partial charge on any atom is 0.416 e. The zero-order valence-corrected chi connectivity index (χ0v) is 71.4. The molecular weight excluding hydrogens is 1640 g/mol. The zero-order chi connectivity index (χ0) is 89.7. The number of likely N-dealkylation sites (tertiary alicyclic amines) is 2. The average molecular weight is 1750 g/mol. The molecule has 6 atom stereocenters. The van der Waals surface area contributed by atoms with E-state index in [0.717, 1.165) is 134 Å². The number of nitrogens with zero attached hydrogens (tertiary/aromatic N) is 5. The molecule has 6 amide bonds. The van der Waals surface area contributed by atoms with Crippen molar-refractivity contribution in [2.45, 2.75) is 150 Å². The number of carbonyl (C=O) groups excluding carboxylic acids is 6. The van der Waals surface area contributed by atoms with Crippen LogP contribution in [-0.4, -0.2) is 201 Å². The summed E-state index contributed by atoms with van der Waals surface area (Å²) in [5.41, 5.74) is 10.4. The summed E-state index contributed by atoms with van der Waals surface area (Å²) in [6.07, 6.45) is -2.70. The highest BCUT2D eigenvalue weighted by Gasteiger charge is 2.39. The number of piperidine rings is 2. The van der Waals surface area contributed by atoms with Crippen LogP contribution in [0.25, 0.3) is 0 Å². The number of halogens is 9. The summed E-state index contributed by atoms with van der Waals surface area (Å²) in [5, 5.41) is 18.9. The SMILES string of the molecule is NCC[C@@H]1N[C@H](CNC(=O)c2ccc(C(F)(F)F)cc2)CCN(CC(c2ccccc2)c2ccccc2)C1=O.O=C(NC[C@@H]1CCN(CC(c2ccccc2)c2ccccc2)C(=O)[C@H](CCN2CCCCC2)N1)c1ccc(C(F)(F)F)cc1.O=C(NC[C@@H]1CCN(CC(c2ccccc2)c2ccccc2)C(=O)[C@H](CCN2CCCCC2)N1)c1cccc(C(F)(F)F)c1. The van der Waals surface area contributed by atoms with Crippen LogP contribution in [0.4, 0.5) is 39.5 Å². The molecule has 8 N–H and O–H groups in total. The van der Waals surface area contributed by atoms with E-state index in [0.29, 0.717) is 84.3 Å². The van der Waals surface area contributed by atoms with E-state index in [-0.39, 0.29) is 89.9 Å². The van der Waals surface area contributed by atoms with Crippen LogP contribution < -0.4 is 37.6 Å². The van der Waals surface area contributed by atoms with Crippen molar-refractivity contribution < 1.29 is 68.3 Å². The maximum atomic E-state index is 14.1. The van der Waals surface area contributed by atoms with Crippen molar-refractivity contribution in [1.82, 2.24) is 56.4 Å². The van der Waals surface area contributed by atoms with E-state index < -0.39 is 71.1 Å². The second-order valence-electron chi connectivity index (χ2n) is 33.4. The molecule has 674 valence electrons. The number of nitrogens with one attached hydrogen (secondary N) is 6. The van der Waals surface area contributed by atoms with Crippen LogP contribution >= 0.6 is 0 Å². The van der Waals surface area contributed by atoms with E-state index in [1.807, 2.05) is 124 Å². The molecule has 5 heterocycles. The lowest BCUT2D eigenvalue weighted by atomic mass is 9.90. The monoisotopic (exact) mass is 1750 g/mol. The van der Waals surface area contributed by atoms with E-state index in [1.54, 1.807) is 0 Å². The van der Waals surface area contributed by atoms with Crippen LogP contribution in [0.1, 0.15) is 176 Å². The van der Waals surface area contributed by atoms with E-state index in [9.17, 15) is 68.3 Å². The van der Waals surface area contributed by atoms with Gasteiger partial charge in [-0.25, -0.2) is 0 Å². The Kier molecular flexibility index (Phi) is 34.9. The molecule has 27 heteroatoms. The van der Waals surface area contributed by atoms with Crippen LogP contribution in [0.3, 0.4) is 0 Å².